The highest BCUT2D eigenvalue weighted by atomic mass is 79.9. The first-order valence-electron chi connectivity index (χ1n) is 4.54. The zero-order valence-electron chi connectivity index (χ0n) is 8.48. The summed E-state index contributed by atoms with van der Waals surface area (Å²) in [6, 6.07) is 0. The SMILES string of the molecule is CC(C)Cn1cc(CBr)c(C(F)(F)F)n1. The average molecular weight is 285 g/mol. The van der Waals surface area contributed by atoms with E-state index in [0.29, 0.717) is 6.54 Å². The Morgan fingerprint density at radius 2 is 2.07 bits per heavy atom. The summed E-state index contributed by atoms with van der Waals surface area (Å²) in [5.74, 6) is 0.272. The van der Waals surface area contributed by atoms with Crippen LogP contribution in [0.1, 0.15) is 25.1 Å². The lowest BCUT2D eigenvalue weighted by molar-refractivity contribution is -0.142. The van der Waals surface area contributed by atoms with Gasteiger partial charge in [-0.2, -0.15) is 18.3 Å². The van der Waals surface area contributed by atoms with E-state index >= 15 is 0 Å². The van der Waals surface area contributed by atoms with Crippen LogP contribution in [-0.4, -0.2) is 9.78 Å². The molecule has 1 aromatic heterocycles. The highest BCUT2D eigenvalue weighted by Gasteiger charge is 2.36. The summed E-state index contributed by atoms with van der Waals surface area (Å²) >= 11 is 3.03. The number of rotatable bonds is 3. The molecule has 1 heterocycles. The van der Waals surface area contributed by atoms with Gasteiger partial charge >= 0.3 is 6.18 Å². The Balaban J connectivity index is 3.01. The first-order valence-corrected chi connectivity index (χ1v) is 5.66. The molecule has 0 amide bonds. The molecule has 0 unspecified atom stereocenters. The molecule has 0 saturated heterocycles. The Labute approximate surface area is 94.6 Å². The van der Waals surface area contributed by atoms with Gasteiger partial charge < -0.3 is 0 Å². The molecule has 0 aliphatic rings. The van der Waals surface area contributed by atoms with Crippen molar-refractivity contribution in [3.8, 4) is 0 Å². The van der Waals surface area contributed by atoms with Crippen LogP contribution in [0.2, 0.25) is 0 Å². The van der Waals surface area contributed by atoms with Crippen LogP contribution in [0.5, 0.6) is 0 Å². The van der Waals surface area contributed by atoms with E-state index in [0.717, 1.165) is 0 Å². The zero-order chi connectivity index (χ0) is 11.6. The highest BCUT2D eigenvalue weighted by molar-refractivity contribution is 9.08. The lowest BCUT2D eigenvalue weighted by atomic mass is 10.2. The third kappa shape index (κ3) is 3.22. The van der Waals surface area contributed by atoms with Crippen LogP contribution in [-0.2, 0) is 18.1 Å². The molecule has 6 heteroatoms. The van der Waals surface area contributed by atoms with Gasteiger partial charge in [0.15, 0.2) is 5.69 Å². The number of hydrogen-bond donors (Lipinski definition) is 0. The highest BCUT2D eigenvalue weighted by Crippen LogP contribution is 2.31. The fourth-order valence-corrected chi connectivity index (χ4v) is 1.68. The van der Waals surface area contributed by atoms with Crippen molar-refractivity contribution in [3.63, 3.8) is 0 Å². The van der Waals surface area contributed by atoms with Gasteiger partial charge in [-0.05, 0) is 5.92 Å². The van der Waals surface area contributed by atoms with E-state index in [-0.39, 0.29) is 16.8 Å². The minimum absolute atomic E-state index is 0.167. The predicted octanol–water partition coefficient (Wildman–Crippen LogP) is 3.45. The molecular weight excluding hydrogens is 273 g/mol. The first kappa shape index (κ1) is 12.5. The Morgan fingerprint density at radius 3 is 2.40 bits per heavy atom. The molecule has 0 spiro atoms. The maximum absolute atomic E-state index is 12.5. The molecule has 0 aliphatic carbocycles. The summed E-state index contributed by atoms with van der Waals surface area (Å²) in [4.78, 5) is 0. The van der Waals surface area contributed by atoms with Crippen LogP contribution in [0, 0.1) is 5.92 Å². The molecular formula is C9H12BrF3N2. The number of halogens is 4. The van der Waals surface area contributed by atoms with Gasteiger partial charge in [-0.3, -0.25) is 4.68 Å². The van der Waals surface area contributed by atoms with Crippen molar-refractivity contribution in [1.82, 2.24) is 9.78 Å². The number of alkyl halides is 4. The van der Waals surface area contributed by atoms with Crippen molar-refractivity contribution in [3.05, 3.63) is 17.5 Å². The van der Waals surface area contributed by atoms with Crippen molar-refractivity contribution in [2.24, 2.45) is 5.92 Å². The first-order chi connectivity index (χ1) is 6.84. The minimum Gasteiger partial charge on any atom is -0.272 e. The second-order valence-electron chi connectivity index (χ2n) is 3.75. The maximum Gasteiger partial charge on any atom is 0.435 e. The Hall–Kier alpha value is -0.520. The van der Waals surface area contributed by atoms with E-state index in [1.165, 1.54) is 10.9 Å². The van der Waals surface area contributed by atoms with E-state index in [9.17, 15) is 13.2 Å². The Morgan fingerprint density at radius 1 is 1.47 bits per heavy atom. The van der Waals surface area contributed by atoms with E-state index < -0.39 is 11.9 Å². The van der Waals surface area contributed by atoms with Crippen LogP contribution in [0.15, 0.2) is 6.20 Å². The van der Waals surface area contributed by atoms with Crippen LogP contribution in [0.3, 0.4) is 0 Å². The standard InChI is InChI=1S/C9H12BrF3N2/c1-6(2)4-15-5-7(3-10)8(14-15)9(11,12)13/h5-6H,3-4H2,1-2H3. The van der Waals surface area contributed by atoms with Gasteiger partial charge in [0, 0.05) is 23.6 Å². The van der Waals surface area contributed by atoms with Crippen LogP contribution >= 0.6 is 15.9 Å². The van der Waals surface area contributed by atoms with Crippen LogP contribution in [0.25, 0.3) is 0 Å². The molecule has 0 saturated carbocycles. The fourth-order valence-electron chi connectivity index (χ4n) is 1.27. The van der Waals surface area contributed by atoms with Gasteiger partial charge in [-0.15, -0.1) is 0 Å². The quantitative estimate of drug-likeness (QED) is 0.778. The summed E-state index contributed by atoms with van der Waals surface area (Å²) in [6.45, 7) is 4.36. The third-order valence-electron chi connectivity index (χ3n) is 1.80. The molecule has 2 nitrogen and oxygen atoms in total. The van der Waals surface area contributed by atoms with Crippen molar-refractivity contribution < 1.29 is 13.2 Å². The van der Waals surface area contributed by atoms with E-state index in [2.05, 4.69) is 21.0 Å². The molecule has 0 radical (unpaired) electrons. The molecule has 86 valence electrons. The monoisotopic (exact) mass is 284 g/mol. The van der Waals surface area contributed by atoms with Gasteiger partial charge in [0.1, 0.15) is 0 Å². The second-order valence-corrected chi connectivity index (χ2v) is 4.31. The summed E-state index contributed by atoms with van der Waals surface area (Å²) in [7, 11) is 0. The lowest BCUT2D eigenvalue weighted by Gasteiger charge is -2.05. The van der Waals surface area contributed by atoms with Crippen molar-refractivity contribution >= 4 is 15.9 Å². The molecule has 0 aliphatic heterocycles. The lowest BCUT2D eigenvalue weighted by Crippen LogP contribution is -2.11. The smallest absolute Gasteiger partial charge is 0.272 e. The molecule has 0 N–H and O–H groups in total. The molecule has 1 aromatic rings. The third-order valence-corrected chi connectivity index (χ3v) is 2.41. The zero-order valence-corrected chi connectivity index (χ0v) is 10.1. The summed E-state index contributed by atoms with van der Waals surface area (Å²) < 4.78 is 38.8. The average Bonchev–Trinajstić information content (AvgIpc) is 2.45. The van der Waals surface area contributed by atoms with Crippen molar-refractivity contribution in [1.29, 1.82) is 0 Å². The Bertz CT molecular complexity index is 331. The maximum atomic E-state index is 12.5. The van der Waals surface area contributed by atoms with Crippen molar-refractivity contribution in [2.45, 2.75) is 31.9 Å². The molecule has 0 atom stereocenters. The topological polar surface area (TPSA) is 17.8 Å². The van der Waals surface area contributed by atoms with E-state index in [1.807, 2.05) is 13.8 Å². The largest absolute Gasteiger partial charge is 0.435 e. The van der Waals surface area contributed by atoms with Gasteiger partial charge in [0.05, 0.1) is 0 Å². The molecule has 15 heavy (non-hydrogen) atoms. The van der Waals surface area contributed by atoms with Gasteiger partial charge in [-0.1, -0.05) is 29.8 Å². The second kappa shape index (κ2) is 4.55. The summed E-state index contributed by atoms with van der Waals surface area (Å²) in [5.41, 5.74) is -0.608. The number of aromatic nitrogens is 2. The van der Waals surface area contributed by atoms with Gasteiger partial charge in [-0.25, -0.2) is 0 Å². The Kier molecular flexibility index (Phi) is 3.81. The van der Waals surface area contributed by atoms with Crippen LogP contribution < -0.4 is 0 Å². The molecule has 0 fully saturated rings. The predicted molar refractivity (Wildman–Crippen MR) is 54.7 cm³/mol. The van der Waals surface area contributed by atoms with Gasteiger partial charge in [0.25, 0.3) is 0 Å². The minimum atomic E-state index is -4.37. The normalized spacial score (nSPS) is 12.5. The van der Waals surface area contributed by atoms with Gasteiger partial charge in [0.2, 0.25) is 0 Å². The van der Waals surface area contributed by atoms with E-state index in [4.69, 9.17) is 0 Å². The van der Waals surface area contributed by atoms with Crippen LogP contribution in [0.4, 0.5) is 13.2 Å². The van der Waals surface area contributed by atoms with Crippen molar-refractivity contribution in [2.75, 3.05) is 0 Å². The van der Waals surface area contributed by atoms with E-state index in [1.54, 1.807) is 0 Å². The number of hydrogen-bond acceptors (Lipinski definition) is 1. The fraction of sp³-hybridized carbons (Fsp3) is 0.667. The molecule has 0 aromatic carbocycles. The summed E-state index contributed by atoms with van der Waals surface area (Å²) in [6.07, 6.45) is -2.93. The molecule has 1 rings (SSSR count). The number of nitrogens with zero attached hydrogens (tertiary/aromatic N) is 2. The molecule has 0 bridgehead atoms. The summed E-state index contributed by atoms with van der Waals surface area (Å²) in [5, 5.41) is 3.72.